The molecule has 0 aliphatic rings. The zero-order valence-corrected chi connectivity index (χ0v) is 20.0. The highest BCUT2D eigenvalue weighted by molar-refractivity contribution is 7.98. The zero-order valence-electron chi connectivity index (χ0n) is 17.3. The van der Waals surface area contributed by atoms with Gasteiger partial charge in [0.2, 0.25) is 0 Å². The lowest BCUT2D eigenvalue weighted by molar-refractivity contribution is -0.120. The van der Waals surface area contributed by atoms with Gasteiger partial charge >= 0.3 is 0 Å². The normalized spacial score (nSPS) is 11.4. The molecule has 0 unspecified atom stereocenters. The van der Waals surface area contributed by atoms with E-state index in [1.165, 1.54) is 11.3 Å². The van der Waals surface area contributed by atoms with Gasteiger partial charge in [0.25, 0.3) is 5.91 Å². The molecule has 3 N–H and O–H groups in total. The van der Waals surface area contributed by atoms with Gasteiger partial charge in [0.1, 0.15) is 5.01 Å². The maximum atomic E-state index is 13.0. The molecule has 0 spiro atoms. The molecule has 0 bridgehead atoms. The van der Waals surface area contributed by atoms with Crippen LogP contribution in [0.5, 0.6) is 0 Å². The molecule has 8 heteroatoms. The number of carbonyl (C=O) groups excluding carboxylic acids is 2. The first-order valence-electron chi connectivity index (χ1n) is 9.72. The van der Waals surface area contributed by atoms with Gasteiger partial charge in [-0.25, -0.2) is 4.98 Å². The molecule has 0 fully saturated rings. The summed E-state index contributed by atoms with van der Waals surface area (Å²) in [6.45, 7) is 0.426. The molecule has 5 nitrogen and oxygen atoms in total. The number of thiazole rings is 1. The van der Waals surface area contributed by atoms with Gasteiger partial charge in [0, 0.05) is 23.1 Å². The Morgan fingerprint density at radius 1 is 1.13 bits per heavy atom. The van der Waals surface area contributed by atoms with E-state index >= 15 is 0 Å². The van der Waals surface area contributed by atoms with Crippen LogP contribution >= 0.6 is 36.6 Å². The Bertz CT molecular complexity index is 975. The second-order valence-electron chi connectivity index (χ2n) is 6.84. The Balaban J connectivity index is 0.00000341. The molecule has 1 heterocycles. The largest absolute Gasteiger partial charge is 0.342 e. The lowest BCUT2D eigenvalue weighted by Gasteiger charge is -2.17. The van der Waals surface area contributed by atoms with E-state index in [0.717, 1.165) is 27.6 Å². The minimum absolute atomic E-state index is 0. The topological polar surface area (TPSA) is 85.1 Å². The number of Topliss-reactive ketones (excluding diaryl/α,β-unsaturated/α-hetero) is 1. The van der Waals surface area contributed by atoms with Crippen LogP contribution in [0.4, 0.5) is 0 Å². The second-order valence-corrected chi connectivity index (χ2v) is 8.77. The molecule has 0 aliphatic heterocycles. The van der Waals surface area contributed by atoms with E-state index in [1.54, 1.807) is 23.9 Å². The van der Waals surface area contributed by atoms with E-state index in [1.807, 2.05) is 54.1 Å². The molecule has 1 atom stereocenters. The Morgan fingerprint density at radius 3 is 2.48 bits per heavy atom. The molecular weight excluding hydrogens is 446 g/mol. The first-order chi connectivity index (χ1) is 14.6. The van der Waals surface area contributed by atoms with Gasteiger partial charge in [-0.2, -0.15) is 25.3 Å². The van der Waals surface area contributed by atoms with Gasteiger partial charge in [-0.15, -0.1) is 11.3 Å². The molecule has 1 aromatic heterocycles. The average molecular weight is 474 g/mol. The number of hydrogen-bond donors (Lipinski definition) is 2. The summed E-state index contributed by atoms with van der Waals surface area (Å²) in [5, 5.41) is 5.63. The minimum Gasteiger partial charge on any atom is -0.342 e. The number of aromatic nitrogens is 1. The molecule has 164 valence electrons. The van der Waals surface area contributed by atoms with Crippen LogP contribution in [0.3, 0.4) is 0 Å². The molecule has 0 saturated carbocycles. The van der Waals surface area contributed by atoms with Crippen molar-refractivity contribution < 1.29 is 9.59 Å². The number of benzene rings is 2. The molecule has 0 radical (unpaired) electrons. The molecule has 2 aromatic carbocycles. The summed E-state index contributed by atoms with van der Waals surface area (Å²) in [5.74, 6) is 0.516. The Kier molecular flexibility index (Phi) is 10.3. The third kappa shape index (κ3) is 7.21. The lowest BCUT2D eigenvalue weighted by Crippen LogP contribution is -2.42. The van der Waals surface area contributed by atoms with E-state index in [2.05, 4.69) is 10.3 Å². The molecule has 31 heavy (non-hydrogen) atoms. The van der Waals surface area contributed by atoms with Crippen LogP contribution in [0.15, 0.2) is 60.0 Å². The molecule has 3 rings (SSSR count). The van der Waals surface area contributed by atoms with E-state index in [4.69, 9.17) is 5.73 Å². The summed E-state index contributed by atoms with van der Waals surface area (Å²) in [6.07, 6.45) is 2.79. The highest BCUT2D eigenvalue weighted by atomic mass is 32.2. The third-order valence-electron chi connectivity index (χ3n) is 4.70. The highest BCUT2D eigenvalue weighted by Crippen LogP contribution is 2.22. The molecule has 3 aromatic rings. The monoisotopic (exact) mass is 473 g/mol. The van der Waals surface area contributed by atoms with Crippen molar-refractivity contribution in [2.45, 2.75) is 25.4 Å². The number of nitrogens with zero attached hydrogens (tertiary/aromatic N) is 1. The lowest BCUT2D eigenvalue weighted by atomic mass is 10.1. The van der Waals surface area contributed by atoms with Crippen molar-refractivity contribution in [1.82, 2.24) is 10.3 Å². The molecule has 1 amide bonds. The van der Waals surface area contributed by atoms with Crippen molar-refractivity contribution >= 4 is 48.3 Å². The van der Waals surface area contributed by atoms with Gasteiger partial charge in [0.15, 0.2) is 5.78 Å². The summed E-state index contributed by atoms with van der Waals surface area (Å²) >= 11 is 3.12. The molecule has 0 aliphatic carbocycles. The number of hydrogen-bond acceptors (Lipinski definition) is 6. The SMILES string of the molecule is CSCC[C@H](NC(=O)c1ccc(CN)cc1)C(=O)Cc1nc(-c2ccccc2)cs1.S. The van der Waals surface area contributed by atoms with Gasteiger partial charge in [0.05, 0.1) is 18.2 Å². The van der Waals surface area contributed by atoms with Crippen LogP contribution in [-0.4, -0.2) is 34.7 Å². The highest BCUT2D eigenvalue weighted by Gasteiger charge is 2.22. The number of nitrogens with one attached hydrogen (secondary N) is 1. The first kappa shape index (κ1) is 25.1. The third-order valence-corrected chi connectivity index (χ3v) is 6.20. The summed E-state index contributed by atoms with van der Waals surface area (Å²) < 4.78 is 0. The fourth-order valence-electron chi connectivity index (χ4n) is 2.99. The van der Waals surface area contributed by atoms with Gasteiger partial charge in [-0.05, 0) is 36.1 Å². The van der Waals surface area contributed by atoms with Gasteiger partial charge in [-0.1, -0.05) is 42.5 Å². The smallest absolute Gasteiger partial charge is 0.251 e. The van der Waals surface area contributed by atoms with Crippen LogP contribution in [0.25, 0.3) is 11.3 Å². The number of rotatable bonds is 10. The Hall–Kier alpha value is -2.13. The van der Waals surface area contributed by atoms with Crippen LogP contribution < -0.4 is 11.1 Å². The fraction of sp³-hybridized carbons (Fsp3) is 0.261. The summed E-state index contributed by atoms with van der Waals surface area (Å²) in [5.41, 5.74) is 8.99. The van der Waals surface area contributed by atoms with Crippen molar-refractivity contribution in [1.29, 1.82) is 0 Å². The van der Waals surface area contributed by atoms with Crippen molar-refractivity contribution in [2.24, 2.45) is 5.73 Å². The predicted molar refractivity (Wildman–Crippen MR) is 135 cm³/mol. The summed E-state index contributed by atoms with van der Waals surface area (Å²) in [7, 11) is 0. The Labute approximate surface area is 198 Å². The fourth-order valence-corrected chi connectivity index (χ4v) is 4.27. The number of ketones is 1. The van der Waals surface area contributed by atoms with Crippen molar-refractivity contribution in [3.05, 3.63) is 76.1 Å². The number of amides is 1. The van der Waals surface area contributed by atoms with E-state index in [9.17, 15) is 9.59 Å². The van der Waals surface area contributed by atoms with Crippen molar-refractivity contribution in [3.8, 4) is 11.3 Å². The van der Waals surface area contributed by atoms with Crippen LogP contribution in [-0.2, 0) is 17.8 Å². The minimum atomic E-state index is -0.539. The van der Waals surface area contributed by atoms with Crippen molar-refractivity contribution in [3.63, 3.8) is 0 Å². The quantitative estimate of drug-likeness (QED) is 0.464. The van der Waals surface area contributed by atoms with Crippen molar-refractivity contribution in [2.75, 3.05) is 12.0 Å². The standard InChI is InChI=1S/C23H25N3O2S2.H2S/c1-29-12-11-19(26-23(28)18-9-7-16(14-24)8-10-18)21(27)13-22-25-20(15-30-22)17-5-3-2-4-6-17;/h2-10,15,19H,11-14,24H2,1H3,(H,26,28);1H2/t19-;/m0./s1. The molecular formula is C23H27N3O2S3. The number of thioether (sulfide) groups is 1. The van der Waals surface area contributed by atoms with Crippen LogP contribution in [0, 0.1) is 0 Å². The second kappa shape index (κ2) is 12.7. The maximum absolute atomic E-state index is 13.0. The zero-order chi connectivity index (χ0) is 21.3. The number of carbonyl (C=O) groups is 2. The Morgan fingerprint density at radius 2 is 1.84 bits per heavy atom. The predicted octanol–water partition coefficient (Wildman–Crippen LogP) is 4.04. The van der Waals surface area contributed by atoms with E-state index in [0.29, 0.717) is 18.5 Å². The van der Waals surface area contributed by atoms with Gasteiger partial charge in [-0.3, -0.25) is 9.59 Å². The average Bonchev–Trinajstić information content (AvgIpc) is 3.25. The van der Waals surface area contributed by atoms with Crippen LogP contribution in [0.2, 0.25) is 0 Å². The summed E-state index contributed by atoms with van der Waals surface area (Å²) in [4.78, 5) is 30.2. The maximum Gasteiger partial charge on any atom is 0.251 e. The first-order valence-corrected chi connectivity index (χ1v) is 12.0. The van der Waals surface area contributed by atoms with Crippen LogP contribution in [0.1, 0.15) is 27.3 Å². The van der Waals surface area contributed by atoms with E-state index < -0.39 is 6.04 Å². The summed E-state index contributed by atoms with van der Waals surface area (Å²) in [6, 6.07) is 16.5. The van der Waals surface area contributed by atoms with E-state index in [-0.39, 0.29) is 31.6 Å². The van der Waals surface area contributed by atoms with Gasteiger partial charge < -0.3 is 11.1 Å². The molecule has 0 saturated heterocycles. The number of nitrogens with two attached hydrogens (primary N) is 1.